The number of nitrogens with zero attached hydrogens (tertiary/aromatic N) is 1. The number of aromatic nitrogens is 1. The van der Waals surface area contributed by atoms with Gasteiger partial charge in [0.25, 0.3) is 0 Å². The Morgan fingerprint density at radius 3 is 2.39 bits per heavy atom. The molecule has 1 aromatic heterocycles. The van der Waals surface area contributed by atoms with Crippen LogP contribution in [0.4, 0.5) is 15.8 Å². The van der Waals surface area contributed by atoms with Gasteiger partial charge in [0.05, 0.1) is 24.1 Å². The maximum absolute atomic E-state index is 13.7. The number of nitrogens with one attached hydrogen (secondary N) is 1. The summed E-state index contributed by atoms with van der Waals surface area (Å²) in [5, 5.41) is 3.94. The molecule has 212 valence electrons. The van der Waals surface area contributed by atoms with E-state index in [2.05, 4.69) is 10.3 Å². The van der Waals surface area contributed by atoms with Crippen LogP contribution in [-0.2, 0) is 25.7 Å². The van der Waals surface area contributed by atoms with E-state index < -0.39 is 11.9 Å². The summed E-state index contributed by atoms with van der Waals surface area (Å²) < 4.78 is 29.9. The molecule has 0 unspecified atom stereocenters. The second-order valence-corrected chi connectivity index (χ2v) is 9.28. The summed E-state index contributed by atoms with van der Waals surface area (Å²) in [6, 6.07) is 19.0. The monoisotopic (exact) mass is 558 g/mol. The molecule has 0 radical (unpaired) electrons. The molecular weight excluding hydrogens is 527 g/mol. The number of ketones is 1. The molecule has 9 heteroatoms. The molecular formula is C32H31FN2O6. The van der Waals surface area contributed by atoms with E-state index in [0.29, 0.717) is 39.2 Å². The van der Waals surface area contributed by atoms with Crippen LogP contribution in [0.1, 0.15) is 47.7 Å². The number of hydrogen-bond donors (Lipinski definition) is 1. The molecule has 41 heavy (non-hydrogen) atoms. The number of para-hydroxylation sites is 1. The highest BCUT2D eigenvalue weighted by molar-refractivity contribution is 6.09. The van der Waals surface area contributed by atoms with Crippen LogP contribution in [0.5, 0.6) is 5.75 Å². The molecule has 0 saturated carbocycles. The number of anilines is 2. The van der Waals surface area contributed by atoms with Crippen LogP contribution in [0.15, 0.2) is 72.9 Å². The van der Waals surface area contributed by atoms with Gasteiger partial charge >= 0.3 is 11.9 Å². The second-order valence-electron chi connectivity index (χ2n) is 9.28. The molecule has 0 aliphatic rings. The molecule has 1 heterocycles. The topological polar surface area (TPSA) is 104 Å². The zero-order valence-corrected chi connectivity index (χ0v) is 22.9. The van der Waals surface area contributed by atoms with Crippen molar-refractivity contribution in [1.82, 2.24) is 4.98 Å². The number of hydrogen-bond acceptors (Lipinski definition) is 8. The van der Waals surface area contributed by atoms with Crippen LogP contribution in [0.25, 0.3) is 10.9 Å². The highest BCUT2D eigenvalue weighted by Crippen LogP contribution is 2.35. The van der Waals surface area contributed by atoms with Crippen molar-refractivity contribution < 1.29 is 33.0 Å². The SMILES string of the molecule is CCC(=O)c1cnc2c(OCCOC(=O)CCC(=O)OCc3ccccc3)cccc2c1Nc1ccc(F)cc1C. The lowest BCUT2D eigenvalue weighted by molar-refractivity contribution is -0.151. The van der Waals surface area contributed by atoms with Crippen molar-refractivity contribution in [2.75, 3.05) is 18.5 Å². The fraction of sp³-hybridized carbons (Fsp3) is 0.250. The molecule has 0 saturated heterocycles. The number of carbonyl (C=O) groups excluding carboxylic acids is 3. The number of pyridine rings is 1. The largest absolute Gasteiger partial charge is 0.488 e. The Morgan fingerprint density at radius 2 is 1.66 bits per heavy atom. The first-order chi connectivity index (χ1) is 19.9. The lowest BCUT2D eigenvalue weighted by atomic mass is 10.0. The average molecular weight is 559 g/mol. The number of aryl methyl sites for hydroxylation is 1. The van der Waals surface area contributed by atoms with E-state index in [0.717, 1.165) is 5.56 Å². The normalized spacial score (nSPS) is 10.7. The number of benzene rings is 3. The minimum Gasteiger partial charge on any atom is -0.488 e. The van der Waals surface area contributed by atoms with Crippen molar-refractivity contribution in [3.8, 4) is 5.75 Å². The third-order valence-corrected chi connectivity index (χ3v) is 6.31. The Bertz CT molecular complexity index is 1540. The van der Waals surface area contributed by atoms with Crippen LogP contribution < -0.4 is 10.1 Å². The molecule has 8 nitrogen and oxygen atoms in total. The molecule has 0 amide bonds. The molecule has 0 fully saturated rings. The van der Waals surface area contributed by atoms with Gasteiger partial charge in [0.2, 0.25) is 0 Å². The quantitative estimate of drug-likeness (QED) is 0.113. The molecule has 0 bridgehead atoms. The fourth-order valence-corrected chi connectivity index (χ4v) is 4.14. The van der Waals surface area contributed by atoms with Gasteiger partial charge in [-0.1, -0.05) is 49.4 Å². The molecule has 1 N–H and O–H groups in total. The van der Waals surface area contributed by atoms with E-state index in [1.165, 1.54) is 18.3 Å². The minimum atomic E-state index is -0.537. The molecule has 0 spiro atoms. The number of ether oxygens (including phenoxy) is 3. The summed E-state index contributed by atoms with van der Waals surface area (Å²) in [6.07, 6.45) is 1.60. The van der Waals surface area contributed by atoms with Gasteiger partial charge in [0, 0.05) is 23.7 Å². The van der Waals surface area contributed by atoms with Gasteiger partial charge in [0.15, 0.2) is 5.78 Å². The predicted molar refractivity (Wildman–Crippen MR) is 153 cm³/mol. The summed E-state index contributed by atoms with van der Waals surface area (Å²) in [5.74, 6) is -1.02. The highest BCUT2D eigenvalue weighted by Gasteiger charge is 2.18. The van der Waals surface area contributed by atoms with Gasteiger partial charge < -0.3 is 19.5 Å². The second kappa shape index (κ2) is 14.0. The third kappa shape index (κ3) is 7.88. The van der Waals surface area contributed by atoms with E-state index in [-0.39, 0.29) is 50.7 Å². The molecule has 3 aromatic carbocycles. The van der Waals surface area contributed by atoms with E-state index in [1.54, 1.807) is 32.0 Å². The number of esters is 2. The summed E-state index contributed by atoms with van der Waals surface area (Å²) in [4.78, 5) is 41.2. The number of fused-ring (bicyclic) bond motifs is 1. The van der Waals surface area contributed by atoms with Gasteiger partial charge in [-0.3, -0.25) is 19.4 Å². The van der Waals surface area contributed by atoms with Gasteiger partial charge in [-0.2, -0.15) is 0 Å². The van der Waals surface area contributed by atoms with Crippen LogP contribution in [0, 0.1) is 12.7 Å². The minimum absolute atomic E-state index is 0.0272. The van der Waals surface area contributed by atoms with Crippen LogP contribution >= 0.6 is 0 Å². The third-order valence-electron chi connectivity index (χ3n) is 6.31. The maximum Gasteiger partial charge on any atom is 0.306 e. The number of Topliss-reactive ketones (excluding diaryl/α,β-unsaturated/α-hetero) is 1. The zero-order chi connectivity index (χ0) is 29.2. The van der Waals surface area contributed by atoms with Crippen molar-refractivity contribution in [3.05, 3.63) is 95.4 Å². The number of rotatable bonds is 13. The number of halogens is 1. The van der Waals surface area contributed by atoms with Gasteiger partial charge in [-0.25, -0.2) is 4.39 Å². The first-order valence-electron chi connectivity index (χ1n) is 13.3. The predicted octanol–water partition coefficient (Wildman–Crippen LogP) is 6.46. The van der Waals surface area contributed by atoms with E-state index in [4.69, 9.17) is 14.2 Å². The Hall–Kier alpha value is -4.79. The van der Waals surface area contributed by atoms with Crippen molar-refractivity contribution in [2.45, 2.75) is 39.7 Å². The van der Waals surface area contributed by atoms with E-state index in [1.807, 2.05) is 36.4 Å². The Kier molecular flexibility index (Phi) is 9.99. The molecule has 0 aliphatic carbocycles. The van der Waals surface area contributed by atoms with Gasteiger partial charge in [-0.05, 0) is 42.3 Å². The lowest BCUT2D eigenvalue weighted by Crippen LogP contribution is -2.14. The Balaban J connectivity index is 1.36. The summed E-state index contributed by atoms with van der Waals surface area (Å²) in [7, 11) is 0. The van der Waals surface area contributed by atoms with Gasteiger partial charge in [-0.15, -0.1) is 0 Å². The number of carbonyl (C=O) groups is 3. The van der Waals surface area contributed by atoms with Crippen LogP contribution in [-0.4, -0.2) is 35.9 Å². The van der Waals surface area contributed by atoms with Crippen molar-refractivity contribution in [3.63, 3.8) is 0 Å². The summed E-state index contributed by atoms with van der Waals surface area (Å²) in [6.45, 7) is 3.73. The van der Waals surface area contributed by atoms with Crippen molar-refractivity contribution in [1.29, 1.82) is 0 Å². The van der Waals surface area contributed by atoms with Crippen LogP contribution in [0.3, 0.4) is 0 Å². The standard InChI is InChI=1S/C32H31FN2O6/c1-3-27(36)25-19-34-32-24(31(25)35-26-13-12-23(33)18-21(26)2)10-7-11-28(32)39-16-17-40-29(37)14-15-30(38)41-20-22-8-5-4-6-9-22/h4-13,18-19H,3,14-17,20H2,1-2H3,(H,34,35). The van der Waals surface area contributed by atoms with E-state index >= 15 is 0 Å². The molecule has 4 aromatic rings. The average Bonchev–Trinajstić information content (AvgIpc) is 2.98. The highest BCUT2D eigenvalue weighted by atomic mass is 19.1. The Labute approximate surface area is 237 Å². The first kappa shape index (κ1) is 29.2. The smallest absolute Gasteiger partial charge is 0.306 e. The van der Waals surface area contributed by atoms with E-state index in [9.17, 15) is 18.8 Å². The van der Waals surface area contributed by atoms with Crippen LogP contribution in [0.2, 0.25) is 0 Å². The molecule has 0 atom stereocenters. The zero-order valence-electron chi connectivity index (χ0n) is 22.9. The van der Waals surface area contributed by atoms with Gasteiger partial charge in [0.1, 0.15) is 36.9 Å². The fourth-order valence-electron chi connectivity index (χ4n) is 4.14. The lowest BCUT2D eigenvalue weighted by Gasteiger charge is -2.17. The van der Waals surface area contributed by atoms with Crippen molar-refractivity contribution in [2.24, 2.45) is 0 Å². The first-order valence-corrected chi connectivity index (χ1v) is 13.3. The van der Waals surface area contributed by atoms with Crippen molar-refractivity contribution >= 4 is 40.0 Å². The molecule has 0 aliphatic heterocycles. The Morgan fingerprint density at radius 1 is 0.902 bits per heavy atom. The summed E-state index contributed by atoms with van der Waals surface area (Å²) in [5.41, 5.74) is 3.68. The maximum atomic E-state index is 13.7. The molecule has 4 rings (SSSR count). The summed E-state index contributed by atoms with van der Waals surface area (Å²) >= 11 is 0.